The van der Waals surface area contributed by atoms with Gasteiger partial charge in [0.05, 0.1) is 11.3 Å². The molecule has 1 fully saturated rings. The SMILES string of the molecule is CC1CCC(C(C)C)C(OC(=O)c2cccc(Br)c2N)C1. The molecule has 0 radical (unpaired) electrons. The van der Waals surface area contributed by atoms with E-state index in [9.17, 15) is 4.79 Å². The summed E-state index contributed by atoms with van der Waals surface area (Å²) >= 11 is 3.35. The van der Waals surface area contributed by atoms with Gasteiger partial charge in [-0.3, -0.25) is 0 Å². The number of benzene rings is 1. The highest BCUT2D eigenvalue weighted by molar-refractivity contribution is 9.10. The Labute approximate surface area is 135 Å². The lowest BCUT2D eigenvalue weighted by atomic mass is 9.75. The summed E-state index contributed by atoms with van der Waals surface area (Å²) in [7, 11) is 0. The lowest BCUT2D eigenvalue weighted by Crippen LogP contribution is -2.36. The van der Waals surface area contributed by atoms with Crippen LogP contribution in [0.2, 0.25) is 0 Å². The summed E-state index contributed by atoms with van der Waals surface area (Å²) in [6.45, 7) is 6.63. The summed E-state index contributed by atoms with van der Waals surface area (Å²) in [6.07, 6.45) is 3.29. The van der Waals surface area contributed by atoms with E-state index in [1.165, 1.54) is 6.42 Å². The van der Waals surface area contributed by atoms with Gasteiger partial charge in [-0.25, -0.2) is 4.79 Å². The number of nitrogens with two attached hydrogens (primary N) is 1. The van der Waals surface area contributed by atoms with Crippen LogP contribution in [0.3, 0.4) is 0 Å². The molecule has 1 aromatic rings. The maximum absolute atomic E-state index is 12.4. The molecule has 0 spiro atoms. The predicted molar refractivity (Wildman–Crippen MR) is 89.1 cm³/mol. The van der Waals surface area contributed by atoms with Crippen molar-refractivity contribution in [1.29, 1.82) is 0 Å². The van der Waals surface area contributed by atoms with Crippen LogP contribution in [-0.4, -0.2) is 12.1 Å². The van der Waals surface area contributed by atoms with E-state index in [1.807, 2.05) is 6.07 Å². The minimum absolute atomic E-state index is 0.000341. The largest absolute Gasteiger partial charge is 0.458 e. The first-order valence-corrected chi connectivity index (χ1v) is 8.44. The molecule has 1 aliphatic rings. The molecule has 3 nitrogen and oxygen atoms in total. The van der Waals surface area contributed by atoms with Gasteiger partial charge in [-0.1, -0.05) is 33.3 Å². The molecule has 2 N–H and O–H groups in total. The van der Waals surface area contributed by atoms with Crippen molar-refractivity contribution in [3.05, 3.63) is 28.2 Å². The first-order chi connectivity index (χ1) is 9.90. The molecule has 2 rings (SSSR count). The lowest BCUT2D eigenvalue weighted by Gasteiger charge is -2.36. The van der Waals surface area contributed by atoms with Gasteiger partial charge in [0.25, 0.3) is 0 Å². The Hall–Kier alpha value is -1.03. The van der Waals surface area contributed by atoms with Crippen LogP contribution < -0.4 is 5.73 Å². The van der Waals surface area contributed by atoms with Crippen molar-refractivity contribution in [2.24, 2.45) is 17.8 Å². The number of nitrogen functional groups attached to an aromatic ring is 1. The third kappa shape index (κ3) is 3.79. The van der Waals surface area contributed by atoms with E-state index in [0.717, 1.165) is 17.3 Å². The Kier molecular flexibility index (Phi) is 5.31. The van der Waals surface area contributed by atoms with Crippen molar-refractivity contribution in [2.75, 3.05) is 5.73 Å². The minimum atomic E-state index is -0.307. The minimum Gasteiger partial charge on any atom is -0.458 e. The third-order valence-corrected chi connectivity index (χ3v) is 5.18. The zero-order valence-electron chi connectivity index (χ0n) is 12.9. The van der Waals surface area contributed by atoms with Gasteiger partial charge in [-0.05, 0) is 58.7 Å². The maximum Gasteiger partial charge on any atom is 0.340 e. The number of halogens is 1. The summed E-state index contributed by atoms with van der Waals surface area (Å²) < 4.78 is 6.55. The van der Waals surface area contributed by atoms with Crippen molar-refractivity contribution >= 4 is 27.6 Å². The van der Waals surface area contributed by atoms with E-state index >= 15 is 0 Å². The zero-order valence-corrected chi connectivity index (χ0v) is 14.5. The Bertz CT molecular complexity index is 516. The quantitative estimate of drug-likeness (QED) is 0.635. The van der Waals surface area contributed by atoms with E-state index in [1.54, 1.807) is 12.1 Å². The number of para-hydroxylation sites is 1. The zero-order chi connectivity index (χ0) is 15.6. The molecule has 1 saturated carbocycles. The normalized spacial score (nSPS) is 25.9. The molecule has 1 aliphatic carbocycles. The van der Waals surface area contributed by atoms with E-state index < -0.39 is 0 Å². The average molecular weight is 354 g/mol. The van der Waals surface area contributed by atoms with Gasteiger partial charge in [0.15, 0.2) is 0 Å². The molecule has 3 atom stereocenters. The Morgan fingerprint density at radius 2 is 2.10 bits per heavy atom. The molecule has 0 saturated heterocycles. The Morgan fingerprint density at radius 1 is 1.38 bits per heavy atom. The van der Waals surface area contributed by atoms with Gasteiger partial charge in [0.1, 0.15) is 6.10 Å². The molecule has 4 heteroatoms. The number of hydrogen-bond acceptors (Lipinski definition) is 3. The van der Waals surface area contributed by atoms with Crippen molar-refractivity contribution in [3.63, 3.8) is 0 Å². The topological polar surface area (TPSA) is 52.3 Å². The van der Waals surface area contributed by atoms with E-state index in [4.69, 9.17) is 10.5 Å². The molecule has 0 bridgehead atoms. The third-order valence-electron chi connectivity index (χ3n) is 4.49. The van der Waals surface area contributed by atoms with Crippen LogP contribution in [0.5, 0.6) is 0 Å². The van der Waals surface area contributed by atoms with Crippen molar-refractivity contribution in [1.82, 2.24) is 0 Å². The van der Waals surface area contributed by atoms with Gasteiger partial charge in [-0.15, -0.1) is 0 Å². The number of ether oxygens (including phenoxy) is 1. The van der Waals surface area contributed by atoms with Gasteiger partial charge < -0.3 is 10.5 Å². The smallest absolute Gasteiger partial charge is 0.340 e. The summed E-state index contributed by atoms with van der Waals surface area (Å²) in [5.41, 5.74) is 6.86. The molecule has 1 aromatic carbocycles. The summed E-state index contributed by atoms with van der Waals surface area (Å²) in [5.74, 6) is 1.27. The molecule has 21 heavy (non-hydrogen) atoms. The fourth-order valence-corrected chi connectivity index (χ4v) is 3.53. The maximum atomic E-state index is 12.4. The number of esters is 1. The average Bonchev–Trinajstić information content (AvgIpc) is 2.41. The number of carbonyl (C=O) groups excluding carboxylic acids is 1. The molecule has 116 valence electrons. The number of hydrogen-bond donors (Lipinski definition) is 1. The highest BCUT2D eigenvalue weighted by Gasteiger charge is 2.33. The summed E-state index contributed by atoms with van der Waals surface area (Å²) in [6, 6.07) is 5.35. The summed E-state index contributed by atoms with van der Waals surface area (Å²) in [5, 5.41) is 0. The Morgan fingerprint density at radius 3 is 2.76 bits per heavy atom. The molecule has 0 heterocycles. The van der Waals surface area contributed by atoms with E-state index in [0.29, 0.717) is 29.0 Å². The van der Waals surface area contributed by atoms with Crippen molar-refractivity contribution in [2.45, 2.75) is 46.1 Å². The molecular formula is C17H24BrNO2. The van der Waals surface area contributed by atoms with Crippen LogP contribution in [0.1, 0.15) is 50.4 Å². The molecular weight excluding hydrogens is 330 g/mol. The fourth-order valence-electron chi connectivity index (χ4n) is 3.17. The summed E-state index contributed by atoms with van der Waals surface area (Å²) in [4.78, 5) is 12.4. The second kappa shape index (κ2) is 6.82. The highest BCUT2D eigenvalue weighted by Crippen LogP contribution is 2.36. The van der Waals surface area contributed by atoms with Crippen LogP contribution in [0.25, 0.3) is 0 Å². The molecule has 3 unspecified atom stereocenters. The number of carbonyl (C=O) groups is 1. The lowest BCUT2D eigenvalue weighted by molar-refractivity contribution is -0.0173. The van der Waals surface area contributed by atoms with Crippen LogP contribution >= 0.6 is 15.9 Å². The van der Waals surface area contributed by atoms with Crippen LogP contribution in [0.4, 0.5) is 5.69 Å². The van der Waals surface area contributed by atoms with Gasteiger partial charge in [0, 0.05) is 4.47 Å². The first-order valence-electron chi connectivity index (χ1n) is 7.65. The van der Waals surface area contributed by atoms with Crippen molar-refractivity contribution in [3.8, 4) is 0 Å². The van der Waals surface area contributed by atoms with Gasteiger partial charge in [0.2, 0.25) is 0 Å². The number of anilines is 1. The monoisotopic (exact) mass is 353 g/mol. The fraction of sp³-hybridized carbons (Fsp3) is 0.588. The first kappa shape index (κ1) is 16.3. The standard InChI is InChI=1S/C17H24BrNO2/c1-10(2)12-8-7-11(3)9-15(12)21-17(20)13-5-4-6-14(18)16(13)19/h4-6,10-12,15H,7-9,19H2,1-3H3. The number of rotatable bonds is 3. The molecule has 0 amide bonds. The van der Waals surface area contributed by atoms with Gasteiger partial charge in [-0.2, -0.15) is 0 Å². The highest BCUT2D eigenvalue weighted by atomic mass is 79.9. The second-order valence-corrected chi connectivity index (χ2v) is 7.33. The van der Waals surface area contributed by atoms with E-state index in [-0.39, 0.29) is 12.1 Å². The predicted octanol–water partition coefficient (Wildman–Crippen LogP) is 4.65. The van der Waals surface area contributed by atoms with Gasteiger partial charge >= 0.3 is 5.97 Å². The van der Waals surface area contributed by atoms with Crippen LogP contribution in [0, 0.1) is 17.8 Å². The Balaban J connectivity index is 2.14. The second-order valence-electron chi connectivity index (χ2n) is 6.47. The molecule has 0 aliphatic heterocycles. The van der Waals surface area contributed by atoms with E-state index in [2.05, 4.69) is 36.7 Å². The van der Waals surface area contributed by atoms with Crippen LogP contribution in [-0.2, 0) is 4.74 Å². The van der Waals surface area contributed by atoms with Crippen LogP contribution in [0.15, 0.2) is 22.7 Å². The molecule has 0 aromatic heterocycles. The van der Waals surface area contributed by atoms with Crippen molar-refractivity contribution < 1.29 is 9.53 Å².